The smallest absolute Gasteiger partial charge is 0.251 e. The van der Waals surface area contributed by atoms with Crippen molar-refractivity contribution in [2.45, 2.75) is 20.3 Å². The average molecular weight is 343 g/mol. The first kappa shape index (κ1) is 17.0. The molecule has 0 spiro atoms. The fourth-order valence-corrected chi connectivity index (χ4v) is 2.49. The number of benzene rings is 1. The van der Waals surface area contributed by atoms with Crippen molar-refractivity contribution in [3.63, 3.8) is 0 Å². The van der Waals surface area contributed by atoms with E-state index in [9.17, 15) is 4.79 Å². The molecule has 0 saturated heterocycles. The zero-order valence-corrected chi connectivity index (χ0v) is 14.0. The summed E-state index contributed by atoms with van der Waals surface area (Å²) in [6.45, 7) is 8.11. The zero-order valence-electron chi connectivity index (χ0n) is 12.4. The van der Waals surface area contributed by atoms with Crippen LogP contribution in [0.5, 0.6) is 5.75 Å². The molecule has 112 valence electrons. The fraction of sp³-hybridized carbons (Fsp3) is 0.533. The van der Waals surface area contributed by atoms with E-state index in [1.165, 1.54) is 0 Å². The number of halogens is 1. The Bertz CT molecular complexity index is 434. The second-order valence-electron chi connectivity index (χ2n) is 4.49. The third-order valence-corrected chi connectivity index (χ3v) is 3.86. The molecule has 0 radical (unpaired) electrons. The van der Waals surface area contributed by atoms with Crippen molar-refractivity contribution in [1.29, 1.82) is 0 Å². The van der Waals surface area contributed by atoms with Crippen molar-refractivity contribution in [1.82, 2.24) is 10.2 Å². The van der Waals surface area contributed by atoms with E-state index >= 15 is 0 Å². The molecule has 0 bridgehead atoms. The molecular formula is C15H23BrN2O2. The molecule has 0 atom stereocenters. The van der Waals surface area contributed by atoms with E-state index in [1.54, 1.807) is 25.3 Å². The lowest BCUT2D eigenvalue weighted by Crippen LogP contribution is -2.29. The predicted molar refractivity (Wildman–Crippen MR) is 85.4 cm³/mol. The number of hydrogen-bond acceptors (Lipinski definition) is 3. The van der Waals surface area contributed by atoms with Gasteiger partial charge in [-0.2, -0.15) is 0 Å². The maximum absolute atomic E-state index is 12.0. The molecule has 0 aliphatic rings. The van der Waals surface area contributed by atoms with Crippen molar-refractivity contribution in [3.05, 3.63) is 28.2 Å². The lowest BCUT2D eigenvalue weighted by molar-refractivity contribution is 0.0951. The summed E-state index contributed by atoms with van der Waals surface area (Å²) < 4.78 is 5.93. The molecule has 0 aromatic heterocycles. The Morgan fingerprint density at radius 1 is 1.35 bits per heavy atom. The minimum Gasteiger partial charge on any atom is -0.496 e. The summed E-state index contributed by atoms with van der Waals surface area (Å²) in [6, 6.07) is 5.33. The molecule has 20 heavy (non-hydrogen) atoms. The van der Waals surface area contributed by atoms with Crippen molar-refractivity contribution >= 4 is 21.8 Å². The number of nitrogens with one attached hydrogen (secondary N) is 1. The molecule has 1 aromatic rings. The van der Waals surface area contributed by atoms with E-state index in [0.29, 0.717) is 12.1 Å². The molecule has 0 fully saturated rings. The Balaban J connectivity index is 2.41. The normalized spacial score (nSPS) is 10.7. The molecule has 1 aromatic carbocycles. The monoisotopic (exact) mass is 342 g/mol. The number of amides is 1. The van der Waals surface area contributed by atoms with Gasteiger partial charge in [0.2, 0.25) is 0 Å². The summed E-state index contributed by atoms with van der Waals surface area (Å²) in [4.78, 5) is 14.3. The van der Waals surface area contributed by atoms with Gasteiger partial charge in [0.1, 0.15) is 5.75 Å². The lowest BCUT2D eigenvalue weighted by Gasteiger charge is -2.17. The summed E-state index contributed by atoms with van der Waals surface area (Å²) in [5, 5.41) is 2.94. The van der Waals surface area contributed by atoms with Crippen LogP contribution in [0.2, 0.25) is 0 Å². The third kappa shape index (κ3) is 5.13. The highest BCUT2D eigenvalue weighted by atomic mass is 79.9. The number of hydrogen-bond donors (Lipinski definition) is 1. The number of rotatable bonds is 8. The quantitative estimate of drug-likeness (QED) is 0.738. The lowest BCUT2D eigenvalue weighted by atomic mass is 10.2. The van der Waals surface area contributed by atoms with E-state index in [1.807, 2.05) is 0 Å². The maximum Gasteiger partial charge on any atom is 0.251 e. The minimum atomic E-state index is -0.0482. The van der Waals surface area contributed by atoms with Crippen LogP contribution in [0.1, 0.15) is 30.6 Å². The average Bonchev–Trinajstić information content (AvgIpc) is 2.47. The van der Waals surface area contributed by atoms with Crippen LogP contribution in [0.3, 0.4) is 0 Å². The highest BCUT2D eigenvalue weighted by Gasteiger charge is 2.08. The molecule has 0 heterocycles. The molecule has 1 rings (SSSR count). The third-order valence-electron chi connectivity index (χ3n) is 3.25. The summed E-state index contributed by atoms with van der Waals surface area (Å²) in [7, 11) is 1.60. The van der Waals surface area contributed by atoms with E-state index in [2.05, 4.69) is 40.0 Å². The number of nitrogens with zero attached hydrogens (tertiary/aromatic N) is 1. The Labute approximate surface area is 129 Å². The molecule has 0 unspecified atom stereocenters. The number of carbonyl (C=O) groups is 1. The second-order valence-corrected chi connectivity index (χ2v) is 5.34. The van der Waals surface area contributed by atoms with Crippen LogP contribution in [-0.2, 0) is 0 Å². The molecule has 1 N–H and O–H groups in total. The van der Waals surface area contributed by atoms with E-state index in [0.717, 1.165) is 36.3 Å². The van der Waals surface area contributed by atoms with Gasteiger partial charge in [0.25, 0.3) is 5.91 Å². The molecule has 4 nitrogen and oxygen atoms in total. The van der Waals surface area contributed by atoms with Crippen molar-refractivity contribution in [2.75, 3.05) is 33.3 Å². The standard InChI is InChI=1S/C15H23BrN2O2/c1-4-18(5-2)10-6-9-17-15(19)12-7-8-14(20-3)13(16)11-12/h7-8,11H,4-6,9-10H2,1-3H3,(H,17,19). The van der Waals surface area contributed by atoms with Crippen LogP contribution in [0.15, 0.2) is 22.7 Å². The van der Waals surface area contributed by atoms with Gasteiger partial charge in [-0.15, -0.1) is 0 Å². The van der Waals surface area contributed by atoms with E-state index in [4.69, 9.17) is 4.74 Å². The summed E-state index contributed by atoms with van der Waals surface area (Å²) in [5.41, 5.74) is 0.639. The molecule has 0 saturated carbocycles. The van der Waals surface area contributed by atoms with Gasteiger partial charge in [-0.05, 0) is 60.2 Å². The van der Waals surface area contributed by atoms with Crippen LogP contribution in [0.4, 0.5) is 0 Å². The van der Waals surface area contributed by atoms with Crippen molar-refractivity contribution in [2.24, 2.45) is 0 Å². The van der Waals surface area contributed by atoms with Gasteiger partial charge in [0.05, 0.1) is 11.6 Å². The van der Waals surface area contributed by atoms with Gasteiger partial charge in [0.15, 0.2) is 0 Å². The van der Waals surface area contributed by atoms with Gasteiger partial charge in [-0.3, -0.25) is 4.79 Å². The fourth-order valence-electron chi connectivity index (χ4n) is 1.95. The predicted octanol–water partition coefficient (Wildman–Crippen LogP) is 2.92. The van der Waals surface area contributed by atoms with E-state index < -0.39 is 0 Å². The summed E-state index contributed by atoms with van der Waals surface area (Å²) in [6.07, 6.45) is 0.963. The van der Waals surface area contributed by atoms with Crippen LogP contribution in [0.25, 0.3) is 0 Å². The van der Waals surface area contributed by atoms with E-state index in [-0.39, 0.29) is 5.91 Å². The Morgan fingerprint density at radius 3 is 2.60 bits per heavy atom. The largest absolute Gasteiger partial charge is 0.496 e. The Morgan fingerprint density at radius 2 is 2.05 bits per heavy atom. The van der Waals surface area contributed by atoms with Gasteiger partial charge < -0.3 is 15.0 Å². The van der Waals surface area contributed by atoms with Crippen molar-refractivity contribution in [3.8, 4) is 5.75 Å². The molecular weight excluding hydrogens is 320 g/mol. The number of carbonyl (C=O) groups excluding carboxylic acids is 1. The zero-order chi connectivity index (χ0) is 15.0. The Kier molecular flexibility index (Phi) is 7.62. The van der Waals surface area contributed by atoms with Gasteiger partial charge in [0, 0.05) is 12.1 Å². The van der Waals surface area contributed by atoms with Gasteiger partial charge in [-0.1, -0.05) is 13.8 Å². The topological polar surface area (TPSA) is 41.6 Å². The molecule has 1 amide bonds. The number of methoxy groups -OCH3 is 1. The maximum atomic E-state index is 12.0. The first-order chi connectivity index (χ1) is 9.62. The number of ether oxygens (including phenoxy) is 1. The SMILES string of the molecule is CCN(CC)CCCNC(=O)c1ccc(OC)c(Br)c1. The highest BCUT2D eigenvalue weighted by Crippen LogP contribution is 2.25. The first-order valence-electron chi connectivity index (χ1n) is 6.96. The second kappa shape index (κ2) is 8.97. The highest BCUT2D eigenvalue weighted by molar-refractivity contribution is 9.10. The van der Waals surface area contributed by atoms with Gasteiger partial charge in [-0.25, -0.2) is 0 Å². The molecule has 0 aliphatic heterocycles. The Hall–Kier alpha value is -1.07. The molecule has 0 aliphatic carbocycles. The van der Waals surface area contributed by atoms with Crippen LogP contribution in [0, 0.1) is 0 Å². The van der Waals surface area contributed by atoms with Gasteiger partial charge >= 0.3 is 0 Å². The first-order valence-corrected chi connectivity index (χ1v) is 7.75. The summed E-state index contributed by atoms with van der Waals surface area (Å²) >= 11 is 3.38. The van der Waals surface area contributed by atoms with Crippen LogP contribution >= 0.6 is 15.9 Å². The summed E-state index contributed by atoms with van der Waals surface area (Å²) in [5.74, 6) is 0.677. The minimum absolute atomic E-state index is 0.0482. The van der Waals surface area contributed by atoms with Crippen molar-refractivity contribution < 1.29 is 9.53 Å². The van der Waals surface area contributed by atoms with Crippen LogP contribution < -0.4 is 10.1 Å². The van der Waals surface area contributed by atoms with Crippen LogP contribution in [-0.4, -0.2) is 44.1 Å². The molecule has 5 heteroatoms.